The minimum atomic E-state index is 0.391. The number of hydrogen-bond acceptors (Lipinski definition) is 3. The summed E-state index contributed by atoms with van der Waals surface area (Å²) in [4.78, 5) is 0. The summed E-state index contributed by atoms with van der Waals surface area (Å²) in [6, 6.07) is 7.58. The first-order valence-corrected chi connectivity index (χ1v) is 5.03. The molecule has 2 aromatic rings. The number of benzene rings is 1. The highest BCUT2D eigenvalue weighted by Crippen LogP contribution is 2.32. The van der Waals surface area contributed by atoms with Crippen LogP contribution in [-0.4, -0.2) is 0 Å². The molecule has 0 atom stereocenters. The summed E-state index contributed by atoms with van der Waals surface area (Å²) in [5.41, 5.74) is 0.908. The molecule has 4 heteroatoms. The maximum Gasteiger partial charge on any atom is 0.101 e. The molecule has 1 heterocycles. The van der Waals surface area contributed by atoms with E-state index in [0.29, 0.717) is 21.5 Å². The molecule has 0 spiro atoms. The summed E-state index contributed by atoms with van der Waals surface area (Å²) < 4.78 is 0.919. The third kappa shape index (κ3) is 1.15. The Morgan fingerprint density at radius 3 is 2.64 bits per heavy atom. The van der Waals surface area contributed by atoms with Gasteiger partial charge < -0.3 is 0 Å². The molecule has 1 aromatic heterocycles. The van der Waals surface area contributed by atoms with E-state index in [9.17, 15) is 0 Å². The Labute approximate surface area is 89.6 Å². The zero-order chi connectivity index (χ0) is 10.1. The standard InChI is InChI=1S/C10H3ClN2S/c11-8-1-2-9-10(7(8)4-13)6(3-12)5-14-9/h1-2,5H. The van der Waals surface area contributed by atoms with E-state index in [-0.39, 0.29) is 0 Å². The van der Waals surface area contributed by atoms with Crippen molar-refractivity contribution in [1.29, 1.82) is 10.5 Å². The molecule has 0 saturated carbocycles. The number of rotatable bonds is 0. The van der Waals surface area contributed by atoms with E-state index in [0.717, 1.165) is 4.70 Å². The van der Waals surface area contributed by atoms with Gasteiger partial charge in [-0.2, -0.15) is 10.5 Å². The number of hydrogen-bond donors (Lipinski definition) is 0. The van der Waals surface area contributed by atoms with E-state index in [1.54, 1.807) is 11.4 Å². The fraction of sp³-hybridized carbons (Fsp3) is 0. The summed E-state index contributed by atoms with van der Waals surface area (Å²) in [7, 11) is 0. The van der Waals surface area contributed by atoms with Crippen molar-refractivity contribution < 1.29 is 0 Å². The zero-order valence-electron chi connectivity index (χ0n) is 6.91. The van der Waals surface area contributed by atoms with Gasteiger partial charge in [-0.1, -0.05) is 11.6 Å². The molecule has 0 aliphatic carbocycles. The fourth-order valence-electron chi connectivity index (χ4n) is 1.30. The van der Waals surface area contributed by atoms with E-state index < -0.39 is 0 Å². The van der Waals surface area contributed by atoms with Gasteiger partial charge in [0.05, 0.1) is 16.1 Å². The van der Waals surface area contributed by atoms with Crippen LogP contribution < -0.4 is 0 Å². The van der Waals surface area contributed by atoms with Crippen LogP contribution in [0, 0.1) is 22.7 Å². The predicted molar refractivity (Wildman–Crippen MR) is 56.3 cm³/mol. The van der Waals surface area contributed by atoms with Crippen molar-refractivity contribution in [1.82, 2.24) is 0 Å². The van der Waals surface area contributed by atoms with E-state index in [1.165, 1.54) is 11.3 Å². The van der Waals surface area contributed by atoms with Gasteiger partial charge in [0.25, 0.3) is 0 Å². The number of fused-ring (bicyclic) bond motifs is 1. The van der Waals surface area contributed by atoms with Crippen molar-refractivity contribution in [3.05, 3.63) is 33.7 Å². The van der Waals surface area contributed by atoms with E-state index in [1.807, 2.05) is 12.1 Å². The summed E-state index contributed by atoms with van der Waals surface area (Å²) >= 11 is 7.31. The van der Waals surface area contributed by atoms with Crippen molar-refractivity contribution in [2.24, 2.45) is 0 Å². The molecule has 1 aromatic carbocycles. The topological polar surface area (TPSA) is 47.6 Å². The van der Waals surface area contributed by atoms with Crippen molar-refractivity contribution in [3.8, 4) is 12.1 Å². The highest BCUT2D eigenvalue weighted by Gasteiger charge is 2.11. The van der Waals surface area contributed by atoms with Crippen molar-refractivity contribution in [3.63, 3.8) is 0 Å². The Kier molecular flexibility index (Phi) is 2.13. The molecular weight excluding hydrogens is 216 g/mol. The Hall–Kier alpha value is -1.55. The second-order valence-electron chi connectivity index (χ2n) is 2.67. The lowest BCUT2D eigenvalue weighted by Gasteiger charge is -1.96. The fourth-order valence-corrected chi connectivity index (χ4v) is 2.39. The van der Waals surface area contributed by atoms with Gasteiger partial charge in [-0.25, -0.2) is 0 Å². The van der Waals surface area contributed by atoms with Crippen LogP contribution in [0.15, 0.2) is 17.5 Å². The highest BCUT2D eigenvalue weighted by atomic mass is 35.5. The van der Waals surface area contributed by atoms with Crippen LogP contribution in [0.25, 0.3) is 10.1 Å². The average molecular weight is 219 g/mol. The molecule has 0 bridgehead atoms. The van der Waals surface area contributed by atoms with Crippen molar-refractivity contribution in [2.75, 3.05) is 0 Å². The smallest absolute Gasteiger partial charge is 0.101 e. The van der Waals surface area contributed by atoms with Crippen molar-refractivity contribution >= 4 is 33.0 Å². The molecule has 0 unspecified atom stereocenters. The molecule has 0 radical (unpaired) electrons. The van der Waals surface area contributed by atoms with Gasteiger partial charge >= 0.3 is 0 Å². The van der Waals surface area contributed by atoms with Crippen molar-refractivity contribution in [2.45, 2.75) is 0 Å². The summed E-state index contributed by atoms with van der Waals surface area (Å²) in [6.45, 7) is 0. The summed E-state index contributed by atoms with van der Waals surface area (Å²) in [5.74, 6) is 0. The molecule has 2 rings (SSSR count). The lowest BCUT2D eigenvalue weighted by Crippen LogP contribution is -1.80. The number of nitriles is 2. The summed E-state index contributed by atoms with van der Waals surface area (Å²) in [6.07, 6.45) is 0. The monoisotopic (exact) mass is 218 g/mol. The van der Waals surface area contributed by atoms with Gasteiger partial charge in [0.1, 0.15) is 12.1 Å². The minimum Gasteiger partial charge on any atom is -0.192 e. The molecule has 66 valence electrons. The van der Waals surface area contributed by atoms with E-state index in [4.69, 9.17) is 22.1 Å². The largest absolute Gasteiger partial charge is 0.192 e. The molecule has 0 aliphatic heterocycles. The maximum atomic E-state index is 8.92. The van der Waals surface area contributed by atoms with Gasteiger partial charge in [-0.05, 0) is 12.1 Å². The van der Waals surface area contributed by atoms with Crippen LogP contribution in [0.5, 0.6) is 0 Å². The molecule has 0 fully saturated rings. The SMILES string of the molecule is N#Cc1csc2ccc(Cl)c(C#N)c12. The van der Waals surface area contributed by atoms with E-state index in [2.05, 4.69) is 6.07 Å². The number of thiophene rings is 1. The van der Waals surface area contributed by atoms with Gasteiger partial charge in [-0.3, -0.25) is 0 Å². The lowest BCUT2D eigenvalue weighted by atomic mass is 10.1. The molecule has 0 saturated heterocycles. The molecule has 0 aliphatic rings. The first kappa shape index (κ1) is 9.02. The molecular formula is C10H3ClN2S. The van der Waals surface area contributed by atoms with E-state index >= 15 is 0 Å². The third-order valence-corrected chi connectivity index (χ3v) is 3.18. The predicted octanol–water partition coefficient (Wildman–Crippen LogP) is 3.30. The molecule has 14 heavy (non-hydrogen) atoms. The van der Waals surface area contributed by atoms with Gasteiger partial charge in [0.2, 0.25) is 0 Å². The Morgan fingerprint density at radius 1 is 1.21 bits per heavy atom. The second-order valence-corrected chi connectivity index (χ2v) is 3.99. The first-order valence-electron chi connectivity index (χ1n) is 3.78. The van der Waals surface area contributed by atoms with Crippen LogP contribution in [-0.2, 0) is 0 Å². The molecule has 0 N–H and O–H groups in total. The van der Waals surface area contributed by atoms with Crippen LogP contribution in [0.3, 0.4) is 0 Å². The zero-order valence-corrected chi connectivity index (χ0v) is 8.49. The lowest BCUT2D eigenvalue weighted by molar-refractivity contribution is 1.49. The maximum absolute atomic E-state index is 8.92. The van der Waals surface area contributed by atoms with Gasteiger partial charge in [0, 0.05) is 15.5 Å². The average Bonchev–Trinajstić information content (AvgIpc) is 2.61. The van der Waals surface area contributed by atoms with Crippen LogP contribution in [0.1, 0.15) is 11.1 Å². The highest BCUT2D eigenvalue weighted by molar-refractivity contribution is 7.17. The normalized spacial score (nSPS) is 9.64. The Balaban J connectivity index is 3.00. The number of halogens is 1. The number of nitrogens with zero attached hydrogens (tertiary/aromatic N) is 2. The Morgan fingerprint density at radius 2 is 2.00 bits per heavy atom. The van der Waals surface area contributed by atoms with Gasteiger partial charge in [-0.15, -0.1) is 11.3 Å². The minimum absolute atomic E-state index is 0.391. The molecule has 0 amide bonds. The second kappa shape index (κ2) is 3.31. The Bertz CT molecular complexity index is 586. The van der Waals surface area contributed by atoms with Crippen LogP contribution >= 0.6 is 22.9 Å². The summed E-state index contributed by atoms with van der Waals surface area (Å²) in [5, 5.41) is 20.6. The quantitative estimate of drug-likeness (QED) is 0.681. The first-order chi connectivity index (χ1) is 6.77. The van der Waals surface area contributed by atoms with Crippen LogP contribution in [0.4, 0.5) is 0 Å². The molecule has 2 nitrogen and oxygen atoms in total. The third-order valence-electron chi connectivity index (χ3n) is 1.92. The van der Waals surface area contributed by atoms with Crippen LogP contribution in [0.2, 0.25) is 5.02 Å². The van der Waals surface area contributed by atoms with Gasteiger partial charge in [0.15, 0.2) is 0 Å².